The van der Waals surface area contributed by atoms with Crippen molar-refractivity contribution >= 4 is 56.4 Å². The van der Waals surface area contributed by atoms with Gasteiger partial charge >= 0.3 is 0 Å². The number of nitrogens with zero attached hydrogens (tertiary/aromatic N) is 1. The Kier molecular flexibility index (Phi) is 6.51. The van der Waals surface area contributed by atoms with Crippen LogP contribution in [0.3, 0.4) is 0 Å². The van der Waals surface area contributed by atoms with Gasteiger partial charge in [0.1, 0.15) is 4.88 Å². The third-order valence-electron chi connectivity index (χ3n) is 4.46. The molecule has 150 valence electrons. The van der Waals surface area contributed by atoms with E-state index < -0.39 is 5.91 Å². The van der Waals surface area contributed by atoms with Crippen molar-refractivity contribution in [1.82, 2.24) is 4.90 Å². The van der Waals surface area contributed by atoms with E-state index >= 15 is 0 Å². The molecule has 0 spiro atoms. The molecule has 6 nitrogen and oxygen atoms in total. The number of hydrogen-bond acceptors (Lipinski definition) is 4. The first-order chi connectivity index (χ1) is 13.9. The van der Waals surface area contributed by atoms with Gasteiger partial charge in [-0.2, -0.15) is 0 Å². The van der Waals surface area contributed by atoms with Gasteiger partial charge < -0.3 is 16.0 Å². The molecule has 2 aromatic carbocycles. The third kappa shape index (κ3) is 4.75. The van der Waals surface area contributed by atoms with E-state index in [1.54, 1.807) is 29.2 Å². The molecule has 0 radical (unpaired) electrons. The van der Waals surface area contributed by atoms with Gasteiger partial charge in [0.15, 0.2) is 0 Å². The van der Waals surface area contributed by atoms with Gasteiger partial charge in [0.25, 0.3) is 5.91 Å². The minimum atomic E-state index is -0.528. The molecule has 0 saturated carbocycles. The fourth-order valence-corrected chi connectivity index (χ4v) is 4.36. The quantitative estimate of drug-likeness (QED) is 0.591. The molecule has 0 aliphatic heterocycles. The number of carbonyl (C=O) groups is 3. The lowest BCUT2D eigenvalue weighted by Crippen LogP contribution is -2.33. The van der Waals surface area contributed by atoms with Gasteiger partial charge in [0, 0.05) is 40.8 Å². The second-order valence-electron chi connectivity index (χ2n) is 6.37. The zero-order valence-corrected chi connectivity index (χ0v) is 17.3. The first-order valence-corrected chi connectivity index (χ1v) is 10.3. The topological polar surface area (TPSA) is 92.5 Å². The van der Waals surface area contributed by atoms with Crippen LogP contribution in [0, 0.1) is 0 Å². The van der Waals surface area contributed by atoms with Gasteiger partial charge in [-0.15, -0.1) is 11.3 Å². The Bertz CT molecular complexity index is 1060. The van der Waals surface area contributed by atoms with Crippen molar-refractivity contribution in [1.29, 1.82) is 0 Å². The Balaban J connectivity index is 1.63. The Hall–Kier alpha value is -2.90. The molecule has 0 atom stereocenters. The number of amides is 3. The molecule has 1 aromatic heterocycles. The zero-order chi connectivity index (χ0) is 21.0. The van der Waals surface area contributed by atoms with E-state index in [2.05, 4.69) is 5.32 Å². The summed E-state index contributed by atoms with van der Waals surface area (Å²) in [7, 11) is 0. The number of fused-ring (bicyclic) bond motifs is 1. The van der Waals surface area contributed by atoms with E-state index in [-0.39, 0.29) is 24.8 Å². The van der Waals surface area contributed by atoms with Gasteiger partial charge in [-0.25, -0.2) is 0 Å². The molecular formula is C21H20ClN3O3S. The van der Waals surface area contributed by atoms with E-state index in [0.29, 0.717) is 27.7 Å². The number of hydrogen-bond donors (Lipinski definition) is 2. The molecule has 0 aliphatic carbocycles. The second-order valence-corrected chi connectivity index (χ2v) is 7.80. The van der Waals surface area contributed by atoms with Crippen LogP contribution in [-0.2, 0) is 4.79 Å². The van der Waals surface area contributed by atoms with E-state index in [0.717, 1.165) is 10.1 Å². The first kappa shape index (κ1) is 20.8. The van der Waals surface area contributed by atoms with Crippen molar-refractivity contribution in [3.63, 3.8) is 0 Å². The summed E-state index contributed by atoms with van der Waals surface area (Å²) in [6, 6.07) is 13.9. The van der Waals surface area contributed by atoms with Crippen molar-refractivity contribution in [2.24, 2.45) is 5.73 Å². The highest BCUT2D eigenvalue weighted by Crippen LogP contribution is 2.35. The SMILES string of the molecule is CCN(CCC(=O)Nc1ccc(C(N)=O)cc1)C(=O)c1sc2ccccc2c1Cl. The number of benzene rings is 2. The second kappa shape index (κ2) is 9.07. The normalized spacial score (nSPS) is 10.7. The van der Waals surface area contributed by atoms with Crippen molar-refractivity contribution in [3.05, 3.63) is 64.0 Å². The lowest BCUT2D eigenvalue weighted by molar-refractivity contribution is -0.116. The lowest BCUT2D eigenvalue weighted by Gasteiger charge is -2.20. The molecule has 3 aromatic rings. The summed E-state index contributed by atoms with van der Waals surface area (Å²) in [5.74, 6) is -0.942. The number of carbonyl (C=O) groups excluding carboxylic acids is 3. The van der Waals surface area contributed by atoms with E-state index in [4.69, 9.17) is 17.3 Å². The highest BCUT2D eigenvalue weighted by molar-refractivity contribution is 7.21. The molecule has 3 amide bonds. The van der Waals surface area contributed by atoms with Crippen LogP contribution in [0.4, 0.5) is 5.69 Å². The zero-order valence-electron chi connectivity index (χ0n) is 15.8. The average molecular weight is 430 g/mol. The van der Waals surface area contributed by atoms with Crippen LogP contribution in [0.25, 0.3) is 10.1 Å². The third-order valence-corrected chi connectivity index (χ3v) is 6.12. The summed E-state index contributed by atoms with van der Waals surface area (Å²) in [4.78, 5) is 38.4. The van der Waals surface area contributed by atoms with Crippen LogP contribution < -0.4 is 11.1 Å². The van der Waals surface area contributed by atoms with E-state index in [1.807, 2.05) is 31.2 Å². The van der Waals surface area contributed by atoms with E-state index in [9.17, 15) is 14.4 Å². The van der Waals surface area contributed by atoms with Crippen molar-refractivity contribution in [2.75, 3.05) is 18.4 Å². The summed E-state index contributed by atoms with van der Waals surface area (Å²) < 4.78 is 0.953. The van der Waals surface area contributed by atoms with Crippen LogP contribution in [0.2, 0.25) is 5.02 Å². The number of nitrogens with one attached hydrogen (secondary N) is 1. The molecular weight excluding hydrogens is 410 g/mol. The Morgan fingerprint density at radius 3 is 2.41 bits per heavy atom. The summed E-state index contributed by atoms with van der Waals surface area (Å²) in [6.07, 6.45) is 0.139. The van der Waals surface area contributed by atoms with Crippen molar-refractivity contribution < 1.29 is 14.4 Å². The molecule has 0 aliphatic rings. The lowest BCUT2D eigenvalue weighted by atomic mass is 10.2. The van der Waals surface area contributed by atoms with Gasteiger partial charge in [-0.1, -0.05) is 29.8 Å². The molecule has 3 rings (SSSR count). The molecule has 29 heavy (non-hydrogen) atoms. The summed E-state index contributed by atoms with van der Waals surface area (Å²) >= 11 is 7.76. The minimum absolute atomic E-state index is 0.139. The first-order valence-electron chi connectivity index (χ1n) is 9.06. The summed E-state index contributed by atoms with van der Waals surface area (Å²) in [6.45, 7) is 2.59. The molecule has 0 unspecified atom stereocenters. The molecule has 0 fully saturated rings. The predicted octanol–water partition coefficient (Wildman–Crippen LogP) is 4.14. The van der Waals surface area contributed by atoms with Crippen LogP contribution in [-0.4, -0.2) is 35.7 Å². The fourth-order valence-electron chi connectivity index (χ4n) is 2.88. The standard InChI is InChI=1S/C21H20ClN3O3S/c1-2-25(21(28)19-18(22)15-5-3-4-6-16(15)29-19)12-11-17(26)24-14-9-7-13(8-10-14)20(23)27/h3-10H,2,11-12H2,1H3,(H2,23,27)(H,24,26). The number of primary amides is 1. The predicted molar refractivity (Wildman–Crippen MR) is 117 cm³/mol. The smallest absolute Gasteiger partial charge is 0.265 e. The van der Waals surface area contributed by atoms with Crippen LogP contribution in [0.15, 0.2) is 48.5 Å². The molecule has 8 heteroatoms. The van der Waals surface area contributed by atoms with Gasteiger partial charge in [-0.3, -0.25) is 14.4 Å². The average Bonchev–Trinajstić information content (AvgIpc) is 3.05. The Morgan fingerprint density at radius 1 is 1.10 bits per heavy atom. The van der Waals surface area contributed by atoms with Crippen LogP contribution in [0.1, 0.15) is 33.4 Å². The van der Waals surface area contributed by atoms with Gasteiger partial charge in [0.05, 0.1) is 5.02 Å². The van der Waals surface area contributed by atoms with E-state index in [1.165, 1.54) is 11.3 Å². The summed E-state index contributed by atoms with van der Waals surface area (Å²) in [5.41, 5.74) is 6.12. The fraction of sp³-hybridized carbons (Fsp3) is 0.190. The van der Waals surface area contributed by atoms with Crippen LogP contribution in [0.5, 0.6) is 0 Å². The van der Waals surface area contributed by atoms with Gasteiger partial charge in [-0.05, 0) is 37.3 Å². The van der Waals surface area contributed by atoms with Gasteiger partial charge in [0.2, 0.25) is 11.8 Å². The largest absolute Gasteiger partial charge is 0.366 e. The number of nitrogens with two attached hydrogens (primary N) is 1. The number of rotatable bonds is 7. The highest BCUT2D eigenvalue weighted by Gasteiger charge is 2.22. The molecule has 1 heterocycles. The number of thiophene rings is 1. The maximum atomic E-state index is 12.9. The monoisotopic (exact) mass is 429 g/mol. The minimum Gasteiger partial charge on any atom is -0.366 e. The van der Waals surface area contributed by atoms with Crippen molar-refractivity contribution in [3.8, 4) is 0 Å². The maximum Gasteiger partial charge on any atom is 0.265 e. The highest BCUT2D eigenvalue weighted by atomic mass is 35.5. The van der Waals surface area contributed by atoms with Crippen LogP contribution >= 0.6 is 22.9 Å². The Labute approximate surface area is 177 Å². The van der Waals surface area contributed by atoms with Crippen molar-refractivity contribution in [2.45, 2.75) is 13.3 Å². The molecule has 0 saturated heterocycles. The number of anilines is 1. The summed E-state index contributed by atoms with van der Waals surface area (Å²) in [5, 5.41) is 4.06. The number of halogens is 1. The molecule has 3 N–H and O–H groups in total. The maximum absolute atomic E-state index is 12.9. The molecule has 0 bridgehead atoms. The Morgan fingerprint density at radius 2 is 1.79 bits per heavy atom.